The van der Waals surface area contributed by atoms with E-state index in [9.17, 15) is 14.4 Å². The van der Waals surface area contributed by atoms with Gasteiger partial charge in [-0.05, 0) is 24.8 Å². The molecule has 1 aromatic carbocycles. The van der Waals surface area contributed by atoms with Crippen molar-refractivity contribution in [1.82, 2.24) is 4.90 Å². The Morgan fingerprint density at radius 1 is 1.25 bits per heavy atom. The summed E-state index contributed by atoms with van der Waals surface area (Å²) >= 11 is 0. The van der Waals surface area contributed by atoms with Crippen molar-refractivity contribution >= 4 is 18.0 Å². The smallest absolute Gasteiger partial charge is 0.411 e. The van der Waals surface area contributed by atoms with Crippen LogP contribution in [-0.4, -0.2) is 47.2 Å². The second-order valence-corrected chi connectivity index (χ2v) is 5.71. The third-order valence-corrected chi connectivity index (χ3v) is 4.23. The average Bonchev–Trinajstić information content (AvgIpc) is 3.03. The van der Waals surface area contributed by atoms with Crippen LogP contribution >= 0.6 is 0 Å². The largest absolute Gasteiger partial charge is 0.481 e. The predicted molar refractivity (Wildman–Crippen MR) is 84.2 cm³/mol. The number of carboxylic acid groups (broad SMARTS) is 1. The zero-order valence-corrected chi connectivity index (χ0v) is 13.6. The van der Waals surface area contributed by atoms with Gasteiger partial charge in [-0.25, -0.2) is 9.59 Å². The Hall–Kier alpha value is -2.57. The van der Waals surface area contributed by atoms with Gasteiger partial charge in [-0.3, -0.25) is 9.69 Å². The maximum Gasteiger partial charge on any atom is 0.411 e. The lowest BCUT2D eigenvalue weighted by molar-refractivity contribution is -0.154. The minimum Gasteiger partial charge on any atom is -0.481 e. The molecule has 2 rings (SSSR count). The molecule has 7 heteroatoms. The summed E-state index contributed by atoms with van der Waals surface area (Å²) in [6.07, 6.45) is 0.113. The topological polar surface area (TPSA) is 93.1 Å². The zero-order valence-electron chi connectivity index (χ0n) is 13.6. The number of carbonyl (C=O) groups is 3. The number of carboxylic acids is 1. The number of esters is 1. The summed E-state index contributed by atoms with van der Waals surface area (Å²) in [5.41, 5.74) is -0.430. The Balaban J connectivity index is 2.10. The van der Waals surface area contributed by atoms with E-state index in [1.54, 1.807) is 0 Å². The van der Waals surface area contributed by atoms with Gasteiger partial charge in [0, 0.05) is 13.0 Å². The van der Waals surface area contributed by atoms with Crippen molar-refractivity contribution in [3.05, 3.63) is 35.9 Å². The molecule has 1 saturated heterocycles. The number of hydrogen-bond acceptors (Lipinski definition) is 5. The van der Waals surface area contributed by atoms with Crippen LogP contribution in [0.4, 0.5) is 4.79 Å². The Labute approximate surface area is 140 Å². The summed E-state index contributed by atoms with van der Waals surface area (Å²) in [5, 5.41) is 8.93. The van der Waals surface area contributed by atoms with E-state index < -0.39 is 23.6 Å². The molecular formula is C17H21NO6. The molecule has 7 nitrogen and oxygen atoms in total. The number of hydrogen-bond donors (Lipinski definition) is 1. The van der Waals surface area contributed by atoms with Crippen molar-refractivity contribution in [2.24, 2.45) is 0 Å². The fraction of sp³-hybridized carbons (Fsp3) is 0.471. The molecule has 0 aliphatic carbocycles. The van der Waals surface area contributed by atoms with E-state index in [1.165, 1.54) is 12.0 Å². The predicted octanol–water partition coefficient (Wildman–Crippen LogP) is 2.20. The Morgan fingerprint density at radius 3 is 2.58 bits per heavy atom. The lowest BCUT2D eigenvalue weighted by atomic mass is 9.90. The third-order valence-electron chi connectivity index (χ3n) is 4.23. The van der Waals surface area contributed by atoms with Gasteiger partial charge >= 0.3 is 18.0 Å². The van der Waals surface area contributed by atoms with Crippen molar-refractivity contribution in [1.29, 1.82) is 0 Å². The van der Waals surface area contributed by atoms with Gasteiger partial charge in [-0.2, -0.15) is 0 Å². The van der Waals surface area contributed by atoms with E-state index in [0.29, 0.717) is 19.4 Å². The summed E-state index contributed by atoms with van der Waals surface area (Å²) in [7, 11) is 1.23. The van der Waals surface area contributed by atoms with Crippen LogP contribution in [0.15, 0.2) is 30.3 Å². The van der Waals surface area contributed by atoms with Gasteiger partial charge in [0.15, 0.2) is 0 Å². The second kappa shape index (κ2) is 7.81. The van der Waals surface area contributed by atoms with E-state index in [1.807, 2.05) is 30.3 Å². The summed E-state index contributed by atoms with van der Waals surface area (Å²) in [4.78, 5) is 36.9. The Bertz CT molecular complexity index is 602. The molecule has 0 radical (unpaired) electrons. The maximum atomic E-state index is 12.4. The highest BCUT2D eigenvalue weighted by Gasteiger charge is 2.51. The molecule has 1 fully saturated rings. The van der Waals surface area contributed by atoms with Crippen LogP contribution in [-0.2, 0) is 25.7 Å². The molecular weight excluding hydrogens is 314 g/mol. The molecule has 24 heavy (non-hydrogen) atoms. The number of benzene rings is 1. The van der Waals surface area contributed by atoms with Crippen molar-refractivity contribution in [3.8, 4) is 0 Å². The number of aliphatic carboxylic acids is 1. The minimum atomic E-state index is -1.26. The van der Waals surface area contributed by atoms with Crippen molar-refractivity contribution in [3.63, 3.8) is 0 Å². The minimum absolute atomic E-state index is 0.00937. The number of carbonyl (C=O) groups excluding carboxylic acids is 2. The van der Waals surface area contributed by atoms with Crippen molar-refractivity contribution in [2.45, 2.75) is 37.8 Å². The Kier molecular flexibility index (Phi) is 5.78. The highest BCUT2D eigenvalue weighted by molar-refractivity contribution is 5.87. The first-order valence-corrected chi connectivity index (χ1v) is 7.78. The van der Waals surface area contributed by atoms with Crippen LogP contribution in [0.5, 0.6) is 0 Å². The van der Waals surface area contributed by atoms with Gasteiger partial charge < -0.3 is 14.6 Å². The van der Waals surface area contributed by atoms with Crippen LogP contribution in [0, 0.1) is 0 Å². The number of ether oxygens (including phenoxy) is 2. The zero-order chi connectivity index (χ0) is 17.6. The van der Waals surface area contributed by atoms with Crippen LogP contribution < -0.4 is 0 Å². The SMILES string of the molecule is COC(=O)C1(CCC(=O)O)CCCN1C(=O)OCc1ccccc1. The van der Waals surface area contributed by atoms with Crippen molar-refractivity contribution in [2.75, 3.05) is 13.7 Å². The number of nitrogens with zero attached hydrogens (tertiary/aromatic N) is 1. The normalized spacial score (nSPS) is 19.8. The molecule has 1 aromatic rings. The number of rotatable bonds is 6. The standard InChI is InChI=1S/C17H21NO6/c1-23-15(21)17(10-8-14(19)20)9-5-11-18(17)16(22)24-12-13-6-3-2-4-7-13/h2-4,6-7H,5,8-12H2,1H3,(H,19,20). The fourth-order valence-corrected chi connectivity index (χ4v) is 3.02. The van der Waals surface area contributed by atoms with Crippen LogP contribution in [0.3, 0.4) is 0 Å². The lowest BCUT2D eigenvalue weighted by Crippen LogP contribution is -2.54. The van der Waals surface area contributed by atoms with Gasteiger partial charge in [0.05, 0.1) is 7.11 Å². The Morgan fingerprint density at radius 2 is 1.96 bits per heavy atom. The van der Waals surface area contributed by atoms with Crippen LogP contribution in [0.25, 0.3) is 0 Å². The van der Waals surface area contributed by atoms with Gasteiger partial charge in [-0.1, -0.05) is 30.3 Å². The molecule has 0 aromatic heterocycles. The van der Waals surface area contributed by atoms with Gasteiger partial charge in [0.1, 0.15) is 12.1 Å². The molecule has 1 aliphatic heterocycles. The van der Waals surface area contributed by atoms with Crippen LogP contribution in [0.2, 0.25) is 0 Å². The molecule has 1 heterocycles. The molecule has 1 N–H and O–H groups in total. The fourth-order valence-electron chi connectivity index (χ4n) is 3.02. The van der Waals surface area contributed by atoms with E-state index in [4.69, 9.17) is 14.6 Å². The number of methoxy groups -OCH3 is 1. The summed E-state index contributed by atoms with van der Waals surface area (Å²) in [6.45, 7) is 0.425. The molecule has 1 aliphatic rings. The molecule has 0 bridgehead atoms. The van der Waals surface area contributed by atoms with Crippen molar-refractivity contribution < 1.29 is 29.0 Å². The summed E-state index contributed by atoms with van der Waals surface area (Å²) in [6, 6.07) is 9.19. The highest BCUT2D eigenvalue weighted by atomic mass is 16.6. The molecule has 0 spiro atoms. The molecule has 0 saturated carbocycles. The molecule has 1 unspecified atom stereocenters. The lowest BCUT2D eigenvalue weighted by Gasteiger charge is -2.34. The maximum absolute atomic E-state index is 12.4. The van der Waals surface area contributed by atoms with E-state index in [2.05, 4.69) is 0 Å². The van der Waals surface area contributed by atoms with E-state index in [0.717, 1.165) is 5.56 Å². The first-order chi connectivity index (χ1) is 11.5. The number of amides is 1. The van der Waals surface area contributed by atoms with E-state index >= 15 is 0 Å². The molecule has 130 valence electrons. The molecule has 1 atom stereocenters. The second-order valence-electron chi connectivity index (χ2n) is 5.71. The summed E-state index contributed by atoms with van der Waals surface area (Å²) < 4.78 is 10.1. The first kappa shape index (κ1) is 17.8. The van der Waals surface area contributed by atoms with E-state index in [-0.39, 0.29) is 19.4 Å². The van der Waals surface area contributed by atoms with Gasteiger partial charge in [-0.15, -0.1) is 0 Å². The third kappa shape index (κ3) is 3.84. The summed E-state index contributed by atoms with van der Waals surface area (Å²) in [5.74, 6) is -1.62. The van der Waals surface area contributed by atoms with Gasteiger partial charge in [0.2, 0.25) is 0 Å². The van der Waals surface area contributed by atoms with Crippen LogP contribution in [0.1, 0.15) is 31.2 Å². The van der Waals surface area contributed by atoms with Gasteiger partial charge in [0.25, 0.3) is 0 Å². The quantitative estimate of drug-likeness (QED) is 0.801. The first-order valence-electron chi connectivity index (χ1n) is 7.78. The highest BCUT2D eigenvalue weighted by Crippen LogP contribution is 2.35. The monoisotopic (exact) mass is 335 g/mol. The number of likely N-dealkylation sites (tertiary alicyclic amines) is 1. The average molecular weight is 335 g/mol. The molecule has 1 amide bonds.